The predicted molar refractivity (Wildman–Crippen MR) is 126 cm³/mol. The average Bonchev–Trinajstić information content (AvgIpc) is 2.75. The number of benzene rings is 2. The van der Waals surface area contributed by atoms with Crippen LogP contribution < -0.4 is 15.5 Å². The van der Waals surface area contributed by atoms with Crippen LogP contribution in [0.1, 0.15) is 46.0 Å². The Bertz CT molecular complexity index is 1080. The highest BCUT2D eigenvalue weighted by atomic mass is 32.1. The van der Waals surface area contributed by atoms with E-state index in [1.54, 1.807) is 25.1 Å². The molecule has 0 unspecified atom stereocenters. The van der Waals surface area contributed by atoms with E-state index in [0.29, 0.717) is 22.9 Å². The van der Waals surface area contributed by atoms with E-state index < -0.39 is 16.8 Å². The van der Waals surface area contributed by atoms with Crippen LogP contribution in [0.5, 0.6) is 0 Å². The lowest BCUT2D eigenvalue weighted by molar-refractivity contribution is -0.384. The van der Waals surface area contributed by atoms with Gasteiger partial charge >= 0.3 is 5.97 Å². The van der Waals surface area contributed by atoms with Crippen LogP contribution in [0, 0.1) is 23.0 Å². The molecule has 1 amide bonds. The number of carboxylic acid groups (broad SMARTS) is 1. The number of nitro groups is 1. The van der Waals surface area contributed by atoms with Crippen LogP contribution >= 0.6 is 12.2 Å². The van der Waals surface area contributed by atoms with Gasteiger partial charge in [-0.3, -0.25) is 20.2 Å². The Morgan fingerprint density at radius 2 is 1.81 bits per heavy atom. The Labute approximate surface area is 190 Å². The van der Waals surface area contributed by atoms with Crippen molar-refractivity contribution >= 4 is 46.3 Å². The fourth-order valence-electron chi connectivity index (χ4n) is 3.59. The smallest absolute Gasteiger partial charge is 0.335 e. The van der Waals surface area contributed by atoms with Gasteiger partial charge in [0.1, 0.15) is 5.69 Å². The predicted octanol–water partition coefficient (Wildman–Crippen LogP) is 3.96. The van der Waals surface area contributed by atoms with E-state index in [2.05, 4.69) is 17.6 Å². The van der Waals surface area contributed by atoms with Gasteiger partial charge in [0, 0.05) is 30.4 Å². The first kappa shape index (κ1) is 23.1. The third-order valence-corrected chi connectivity index (χ3v) is 5.71. The lowest BCUT2D eigenvalue weighted by atomic mass is 9.98. The molecular formula is C22H24N4O5S. The van der Waals surface area contributed by atoms with Gasteiger partial charge in [-0.2, -0.15) is 0 Å². The van der Waals surface area contributed by atoms with Gasteiger partial charge < -0.3 is 15.3 Å². The summed E-state index contributed by atoms with van der Waals surface area (Å²) in [5, 5.41) is 26.0. The largest absolute Gasteiger partial charge is 0.478 e. The molecule has 1 heterocycles. The summed E-state index contributed by atoms with van der Waals surface area (Å²) in [7, 11) is 0. The number of aryl methyl sites for hydroxylation is 1. The van der Waals surface area contributed by atoms with E-state index in [0.717, 1.165) is 25.9 Å². The quantitative estimate of drug-likeness (QED) is 0.351. The second-order valence-corrected chi connectivity index (χ2v) is 8.28. The zero-order valence-electron chi connectivity index (χ0n) is 17.8. The zero-order valence-corrected chi connectivity index (χ0v) is 18.6. The highest BCUT2D eigenvalue weighted by molar-refractivity contribution is 7.80. The van der Waals surface area contributed by atoms with Gasteiger partial charge in [0.25, 0.3) is 11.6 Å². The number of hydrogen-bond donors (Lipinski definition) is 3. The van der Waals surface area contributed by atoms with Crippen molar-refractivity contribution in [1.29, 1.82) is 0 Å². The van der Waals surface area contributed by atoms with Crippen LogP contribution in [0.25, 0.3) is 0 Å². The zero-order chi connectivity index (χ0) is 23.4. The lowest BCUT2D eigenvalue weighted by Gasteiger charge is -2.31. The average molecular weight is 457 g/mol. The van der Waals surface area contributed by atoms with E-state index in [-0.39, 0.29) is 21.9 Å². The normalized spacial score (nSPS) is 14.0. The van der Waals surface area contributed by atoms with Crippen LogP contribution in [0.15, 0.2) is 36.4 Å². The number of hydrogen-bond acceptors (Lipinski definition) is 6. The molecule has 0 radical (unpaired) electrons. The van der Waals surface area contributed by atoms with E-state index in [1.807, 2.05) is 4.90 Å². The molecule has 9 nitrogen and oxygen atoms in total. The van der Waals surface area contributed by atoms with Crippen LogP contribution in [0.4, 0.5) is 17.1 Å². The Kier molecular flexibility index (Phi) is 7.04. The molecule has 3 rings (SSSR count). The van der Waals surface area contributed by atoms with E-state index >= 15 is 0 Å². The first-order valence-electron chi connectivity index (χ1n) is 10.2. The number of nitrogens with zero attached hydrogens (tertiary/aromatic N) is 2. The Hall–Kier alpha value is -3.53. The van der Waals surface area contributed by atoms with Gasteiger partial charge in [-0.1, -0.05) is 6.92 Å². The maximum absolute atomic E-state index is 12.6. The summed E-state index contributed by atoms with van der Waals surface area (Å²) in [6.45, 7) is 5.35. The molecule has 0 aromatic heterocycles. The lowest BCUT2D eigenvalue weighted by Crippen LogP contribution is -2.35. The third kappa shape index (κ3) is 5.38. The second kappa shape index (κ2) is 9.73. The van der Waals surface area contributed by atoms with Crippen LogP contribution in [0.3, 0.4) is 0 Å². The van der Waals surface area contributed by atoms with Gasteiger partial charge in [0.15, 0.2) is 5.11 Å². The molecule has 10 heteroatoms. The molecule has 0 saturated carbocycles. The molecule has 2 aromatic rings. The molecule has 1 fully saturated rings. The summed E-state index contributed by atoms with van der Waals surface area (Å²) < 4.78 is 0. The minimum atomic E-state index is -1.04. The van der Waals surface area contributed by atoms with Gasteiger partial charge in [-0.05, 0) is 73.8 Å². The molecule has 0 spiro atoms. The summed E-state index contributed by atoms with van der Waals surface area (Å²) in [5.41, 5.74) is 1.82. The van der Waals surface area contributed by atoms with E-state index in [4.69, 9.17) is 17.3 Å². The molecule has 0 atom stereocenters. The minimum absolute atomic E-state index is 0.00192. The molecular weight excluding hydrogens is 432 g/mol. The number of nitro benzene ring substituents is 1. The first-order chi connectivity index (χ1) is 15.2. The van der Waals surface area contributed by atoms with Crippen LogP contribution in [-0.4, -0.2) is 40.1 Å². The van der Waals surface area contributed by atoms with Crippen LogP contribution in [-0.2, 0) is 0 Å². The second-order valence-electron chi connectivity index (χ2n) is 7.87. The van der Waals surface area contributed by atoms with Crippen LogP contribution in [0.2, 0.25) is 0 Å². The van der Waals surface area contributed by atoms with Gasteiger partial charge in [-0.25, -0.2) is 4.79 Å². The van der Waals surface area contributed by atoms with Crippen molar-refractivity contribution in [2.24, 2.45) is 5.92 Å². The monoisotopic (exact) mass is 456 g/mol. The number of amides is 1. The summed E-state index contributed by atoms with van der Waals surface area (Å²) in [6.07, 6.45) is 1.93. The Balaban J connectivity index is 1.72. The molecule has 2 aromatic carbocycles. The molecule has 1 aliphatic rings. The number of carboxylic acids is 1. The molecule has 0 bridgehead atoms. The molecule has 3 N–H and O–H groups in total. The summed E-state index contributed by atoms with van der Waals surface area (Å²) in [5.74, 6) is -1.03. The Morgan fingerprint density at radius 3 is 2.41 bits per heavy atom. The molecule has 32 heavy (non-hydrogen) atoms. The first-order valence-corrected chi connectivity index (χ1v) is 10.6. The summed E-state index contributed by atoms with van der Waals surface area (Å²) >= 11 is 5.18. The highest BCUT2D eigenvalue weighted by Crippen LogP contribution is 2.32. The fourth-order valence-corrected chi connectivity index (χ4v) is 3.80. The van der Waals surface area contributed by atoms with Crippen molar-refractivity contribution in [1.82, 2.24) is 5.32 Å². The van der Waals surface area contributed by atoms with E-state index in [9.17, 15) is 19.7 Å². The molecule has 1 aliphatic heterocycles. The number of nitrogens with one attached hydrogen (secondary N) is 2. The number of carbonyl (C=O) groups is 2. The van der Waals surface area contributed by atoms with Crippen molar-refractivity contribution in [3.8, 4) is 0 Å². The molecule has 1 saturated heterocycles. The van der Waals surface area contributed by atoms with Crippen molar-refractivity contribution in [2.45, 2.75) is 26.7 Å². The van der Waals surface area contributed by atoms with Gasteiger partial charge in [-0.15, -0.1) is 0 Å². The SMILES string of the molecule is Cc1cc(C(=O)O)ccc1NC(=S)NC(=O)c1ccc(N2CCC(C)CC2)c([N+](=O)[O-])c1. The molecule has 0 aliphatic carbocycles. The third-order valence-electron chi connectivity index (χ3n) is 5.51. The highest BCUT2D eigenvalue weighted by Gasteiger charge is 2.25. The number of thiocarbonyl (C=S) groups is 1. The van der Waals surface area contributed by atoms with E-state index in [1.165, 1.54) is 18.2 Å². The summed E-state index contributed by atoms with van der Waals surface area (Å²) in [4.78, 5) is 36.8. The summed E-state index contributed by atoms with van der Waals surface area (Å²) in [6, 6.07) is 8.87. The number of anilines is 2. The van der Waals surface area contributed by atoms with Crippen molar-refractivity contribution in [3.05, 3.63) is 63.2 Å². The number of aromatic carboxylic acids is 1. The maximum atomic E-state index is 12.6. The van der Waals surface area contributed by atoms with Gasteiger partial charge in [0.2, 0.25) is 0 Å². The van der Waals surface area contributed by atoms with Crippen molar-refractivity contribution in [3.63, 3.8) is 0 Å². The maximum Gasteiger partial charge on any atom is 0.335 e. The number of rotatable bonds is 5. The Morgan fingerprint density at radius 1 is 1.16 bits per heavy atom. The standard InChI is InChI=1S/C22H24N4O5S/c1-13-7-9-25(10-8-13)18-6-4-15(12-19(18)26(30)31)20(27)24-22(32)23-17-5-3-16(21(28)29)11-14(17)2/h3-6,11-13H,7-10H2,1-2H3,(H,28,29)(H2,23,24,27,32). The fraction of sp³-hybridized carbons (Fsp3) is 0.318. The minimum Gasteiger partial charge on any atom is -0.478 e. The number of carbonyl (C=O) groups excluding carboxylic acids is 1. The topological polar surface area (TPSA) is 125 Å². The van der Waals surface area contributed by atoms with Gasteiger partial charge in [0.05, 0.1) is 10.5 Å². The molecule has 168 valence electrons. The number of piperidine rings is 1. The van der Waals surface area contributed by atoms with Crippen molar-refractivity contribution < 1.29 is 19.6 Å². The van der Waals surface area contributed by atoms with Crippen molar-refractivity contribution in [2.75, 3.05) is 23.3 Å².